The summed E-state index contributed by atoms with van der Waals surface area (Å²) in [5.41, 5.74) is 2.32. The first kappa shape index (κ1) is 11.5. The number of nitrogens with zero attached hydrogens (tertiary/aromatic N) is 3. The molecule has 3 rings (SSSR count). The molecule has 2 heterocycles. The van der Waals surface area contributed by atoms with Crippen LogP contribution in [-0.4, -0.2) is 27.8 Å². The minimum absolute atomic E-state index is 0.245. The highest BCUT2D eigenvalue weighted by Gasteiger charge is 2.19. The molecular formula is C13H11N3O3. The second-order valence-electron chi connectivity index (χ2n) is 4.04. The molecule has 0 amide bonds. The van der Waals surface area contributed by atoms with Crippen LogP contribution in [0.1, 0.15) is 16.2 Å². The summed E-state index contributed by atoms with van der Waals surface area (Å²) in [6.45, 7) is 1.78. The number of carbonyl (C=O) groups excluding carboxylic acids is 1. The lowest BCUT2D eigenvalue weighted by molar-refractivity contribution is 0.0589. The number of fused-ring (bicyclic) bond motifs is 1. The summed E-state index contributed by atoms with van der Waals surface area (Å²) < 4.78 is 11.6. The first-order chi connectivity index (χ1) is 9.19. The van der Waals surface area contributed by atoms with E-state index < -0.39 is 5.97 Å². The van der Waals surface area contributed by atoms with Crippen LogP contribution < -0.4 is 0 Å². The van der Waals surface area contributed by atoms with Crippen LogP contribution in [0.25, 0.3) is 17.1 Å². The molecule has 0 saturated heterocycles. The molecule has 0 unspecified atom stereocenters. The molecule has 0 aliphatic heterocycles. The van der Waals surface area contributed by atoms with Crippen molar-refractivity contribution in [2.45, 2.75) is 6.92 Å². The van der Waals surface area contributed by atoms with E-state index in [1.54, 1.807) is 19.1 Å². The number of oxazole rings is 1. The van der Waals surface area contributed by atoms with Gasteiger partial charge in [0.15, 0.2) is 11.3 Å². The number of aryl methyl sites for hydroxylation is 1. The smallest absolute Gasteiger partial charge is 0.356 e. The third-order valence-corrected chi connectivity index (χ3v) is 2.69. The van der Waals surface area contributed by atoms with Gasteiger partial charge in [0.25, 0.3) is 0 Å². The average Bonchev–Trinajstić information content (AvgIpc) is 3.00. The molecule has 96 valence electrons. The summed E-state index contributed by atoms with van der Waals surface area (Å²) in [4.78, 5) is 16.0. The van der Waals surface area contributed by atoms with E-state index in [2.05, 4.69) is 10.1 Å². The number of hydrogen-bond donors (Lipinski definition) is 0. The van der Waals surface area contributed by atoms with E-state index in [-0.39, 0.29) is 11.7 Å². The van der Waals surface area contributed by atoms with Crippen LogP contribution in [0.3, 0.4) is 0 Å². The van der Waals surface area contributed by atoms with Gasteiger partial charge in [0.05, 0.1) is 12.8 Å². The molecule has 0 saturated carbocycles. The molecule has 0 atom stereocenters. The van der Waals surface area contributed by atoms with E-state index in [0.29, 0.717) is 16.8 Å². The Morgan fingerprint density at radius 2 is 2.16 bits per heavy atom. The minimum atomic E-state index is -0.483. The molecule has 6 heteroatoms. The van der Waals surface area contributed by atoms with Gasteiger partial charge in [-0.2, -0.15) is 14.8 Å². The molecule has 0 N–H and O–H groups in total. The van der Waals surface area contributed by atoms with Crippen molar-refractivity contribution in [1.29, 1.82) is 0 Å². The number of methoxy groups -OCH3 is 1. The van der Waals surface area contributed by atoms with Crippen LogP contribution >= 0.6 is 0 Å². The van der Waals surface area contributed by atoms with Crippen LogP contribution in [0.4, 0.5) is 0 Å². The van der Waals surface area contributed by atoms with E-state index >= 15 is 0 Å². The molecular weight excluding hydrogens is 246 g/mol. The third kappa shape index (κ3) is 1.87. The second-order valence-corrected chi connectivity index (χ2v) is 4.04. The van der Waals surface area contributed by atoms with Gasteiger partial charge >= 0.3 is 12.0 Å². The fourth-order valence-corrected chi connectivity index (χ4v) is 1.85. The Balaban J connectivity index is 2.18. The largest absolute Gasteiger partial charge is 0.464 e. The van der Waals surface area contributed by atoms with E-state index in [0.717, 1.165) is 0 Å². The number of aromatic nitrogens is 3. The van der Waals surface area contributed by atoms with Crippen molar-refractivity contribution in [3.8, 4) is 6.01 Å². The summed E-state index contributed by atoms with van der Waals surface area (Å²) >= 11 is 0. The van der Waals surface area contributed by atoms with E-state index in [1.807, 2.05) is 18.2 Å². The standard InChI is InChI=1S/C13H11N3O3/c1-8-7-10(12(17)18-2)16(15-8)13-14-9-5-3-4-6-11(9)19-13/h3-7H,1-2H3. The summed E-state index contributed by atoms with van der Waals surface area (Å²) in [5.74, 6) is -0.483. The zero-order chi connectivity index (χ0) is 13.4. The molecule has 19 heavy (non-hydrogen) atoms. The van der Waals surface area contributed by atoms with Crippen LogP contribution in [0.15, 0.2) is 34.7 Å². The van der Waals surface area contributed by atoms with Gasteiger partial charge in [-0.3, -0.25) is 0 Å². The van der Waals surface area contributed by atoms with Gasteiger partial charge in [0.1, 0.15) is 5.52 Å². The molecule has 2 aromatic heterocycles. The summed E-state index contributed by atoms with van der Waals surface area (Å²) in [6.07, 6.45) is 0. The lowest BCUT2D eigenvalue weighted by atomic mass is 10.3. The highest BCUT2D eigenvalue weighted by Crippen LogP contribution is 2.19. The zero-order valence-electron chi connectivity index (χ0n) is 10.5. The molecule has 1 aromatic carbocycles. The predicted octanol–water partition coefficient (Wildman–Crippen LogP) is 2.11. The maximum atomic E-state index is 11.7. The Labute approximate surface area is 108 Å². The normalized spacial score (nSPS) is 10.8. The number of ether oxygens (including phenoxy) is 1. The Kier molecular flexibility index (Phi) is 2.56. The quantitative estimate of drug-likeness (QED) is 0.657. The minimum Gasteiger partial charge on any atom is -0.464 e. The average molecular weight is 257 g/mol. The monoisotopic (exact) mass is 257 g/mol. The van der Waals surface area contributed by atoms with Gasteiger partial charge in [-0.25, -0.2) is 4.79 Å². The van der Waals surface area contributed by atoms with Gasteiger partial charge in [-0.15, -0.1) is 0 Å². The Hall–Kier alpha value is -2.63. The first-order valence-corrected chi connectivity index (χ1v) is 5.70. The topological polar surface area (TPSA) is 70.2 Å². The van der Waals surface area contributed by atoms with Crippen LogP contribution in [0, 0.1) is 6.92 Å². The third-order valence-electron chi connectivity index (χ3n) is 2.69. The van der Waals surface area contributed by atoms with Crippen molar-refractivity contribution in [2.75, 3.05) is 7.11 Å². The predicted molar refractivity (Wildman–Crippen MR) is 67.2 cm³/mol. The number of benzene rings is 1. The van der Waals surface area contributed by atoms with E-state index in [4.69, 9.17) is 9.15 Å². The van der Waals surface area contributed by atoms with Crippen molar-refractivity contribution in [3.63, 3.8) is 0 Å². The van der Waals surface area contributed by atoms with Crippen molar-refractivity contribution >= 4 is 17.1 Å². The van der Waals surface area contributed by atoms with Gasteiger partial charge in [0, 0.05) is 0 Å². The number of hydrogen-bond acceptors (Lipinski definition) is 5. The van der Waals surface area contributed by atoms with Gasteiger partial charge in [-0.05, 0) is 25.1 Å². The summed E-state index contributed by atoms with van der Waals surface area (Å²) in [5, 5.41) is 4.20. The van der Waals surface area contributed by atoms with E-state index in [1.165, 1.54) is 11.8 Å². The molecule has 0 bridgehead atoms. The number of carbonyl (C=O) groups is 1. The second kappa shape index (κ2) is 4.24. The van der Waals surface area contributed by atoms with E-state index in [9.17, 15) is 4.79 Å². The van der Waals surface area contributed by atoms with Crippen LogP contribution in [0.5, 0.6) is 0 Å². The maximum absolute atomic E-state index is 11.7. The highest BCUT2D eigenvalue weighted by molar-refractivity contribution is 5.88. The van der Waals surface area contributed by atoms with Crippen LogP contribution in [0.2, 0.25) is 0 Å². The fourth-order valence-electron chi connectivity index (χ4n) is 1.85. The molecule has 0 radical (unpaired) electrons. The molecule has 0 spiro atoms. The lowest BCUT2D eigenvalue weighted by Gasteiger charge is -1.99. The Bertz CT molecular complexity index is 724. The summed E-state index contributed by atoms with van der Waals surface area (Å²) in [7, 11) is 1.32. The lowest BCUT2D eigenvalue weighted by Crippen LogP contribution is -2.10. The fraction of sp³-hybridized carbons (Fsp3) is 0.154. The molecule has 3 aromatic rings. The summed E-state index contributed by atoms with van der Waals surface area (Å²) in [6, 6.07) is 9.23. The van der Waals surface area contributed by atoms with Crippen molar-refractivity contribution in [2.24, 2.45) is 0 Å². The first-order valence-electron chi connectivity index (χ1n) is 5.70. The zero-order valence-corrected chi connectivity index (χ0v) is 10.5. The highest BCUT2D eigenvalue weighted by atomic mass is 16.5. The molecule has 0 aliphatic rings. The van der Waals surface area contributed by atoms with Gasteiger partial charge in [0.2, 0.25) is 0 Å². The SMILES string of the molecule is COC(=O)c1cc(C)nn1-c1nc2ccccc2o1. The molecule has 0 fully saturated rings. The number of esters is 1. The number of rotatable bonds is 2. The molecule has 6 nitrogen and oxygen atoms in total. The van der Waals surface area contributed by atoms with Crippen molar-refractivity contribution < 1.29 is 13.9 Å². The maximum Gasteiger partial charge on any atom is 0.356 e. The van der Waals surface area contributed by atoms with Gasteiger partial charge < -0.3 is 9.15 Å². The number of para-hydroxylation sites is 2. The molecule has 0 aliphatic carbocycles. The van der Waals surface area contributed by atoms with Crippen LogP contribution in [-0.2, 0) is 4.74 Å². The van der Waals surface area contributed by atoms with Gasteiger partial charge in [-0.1, -0.05) is 12.1 Å². The Morgan fingerprint density at radius 3 is 2.89 bits per heavy atom. The van der Waals surface area contributed by atoms with Crippen molar-refractivity contribution in [3.05, 3.63) is 41.7 Å². The van der Waals surface area contributed by atoms with Crippen molar-refractivity contribution in [1.82, 2.24) is 14.8 Å². The Morgan fingerprint density at radius 1 is 1.37 bits per heavy atom.